The fourth-order valence-corrected chi connectivity index (χ4v) is 1.59. The van der Waals surface area contributed by atoms with Crippen molar-refractivity contribution in [1.29, 1.82) is 0 Å². The maximum absolute atomic E-state index is 4.55. The van der Waals surface area contributed by atoms with E-state index < -0.39 is 0 Å². The lowest BCUT2D eigenvalue weighted by Gasteiger charge is -2.03. The molecule has 0 aliphatic carbocycles. The second-order valence-corrected chi connectivity index (χ2v) is 3.30. The molecule has 0 bridgehead atoms. The van der Waals surface area contributed by atoms with Crippen LogP contribution in [0.25, 0.3) is 10.9 Å². The topological polar surface area (TPSA) is 12.9 Å². The third kappa shape index (κ3) is 1.42. The number of hydrogen-bond acceptors (Lipinski definition) is 1. The van der Waals surface area contributed by atoms with Crippen molar-refractivity contribution in [2.24, 2.45) is 0 Å². The normalized spacial score (nSPS) is 10.6. The molecular weight excluding hydrogens is 158 g/mol. The molecule has 2 aromatic rings. The van der Waals surface area contributed by atoms with Gasteiger partial charge in [0.25, 0.3) is 0 Å². The molecule has 0 radical (unpaired) electrons. The molecule has 0 saturated carbocycles. The van der Waals surface area contributed by atoms with E-state index in [-0.39, 0.29) is 0 Å². The van der Waals surface area contributed by atoms with Gasteiger partial charge in [-0.1, -0.05) is 31.2 Å². The standard InChI is InChI=1S/C12H13N/c1-3-10-5-4-6-11-8-7-9(2)13-12(10)11/h4-8H,3H2,1-2H3. The first-order valence-electron chi connectivity index (χ1n) is 4.66. The van der Waals surface area contributed by atoms with Crippen LogP contribution < -0.4 is 0 Å². The van der Waals surface area contributed by atoms with Gasteiger partial charge >= 0.3 is 0 Å². The maximum atomic E-state index is 4.55. The van der Waals surface area contributed by atoms with Crippen molar-refractivity contribution in [3.63, 3.8) is 0 Å². The van der Waals surface area contributed by atoms with Gasteiger partial charge in [-0.25, -0.2) is 0 Å². The number of hydrogen-bond donors (Lipinski definition) is 0. The number of benzene rings is 1. The predicted octanol–water partition coefficient (Wildman–Crippen LogP) is 3.11. The molecule has 0 saturated heterocycles. The van der Waals surface area contributed by atoms with Gasteiger partial charge in [0.1, 0.15) is 0 Å². The highest BCUT2D eigenvalue weighted by Gasteiger charge is 1.99. The third-order valence-corrected chi connectivity index (χ3v) is 2.32. The minimum atomic E-state index is 1.05. The van der Waals surface area contributed by atoms with Crippen LogP contribution >= 0.6 is 0 Å². The highest BCUT2D eigenvalue weighted by molar-refractivity contribution is 5.81. The molecule has 0 amide bonds. The molecule has 0 unspecified atom stereocenters. The van der Waals surface area contributed by atoms with Crippen LogP contribution in [-0.4, -0.2) is 4.98 Å². The summed E-state index contributed by atoms with van der Waals surface area (Å²) in [6, 6.07) is 10.5. The molecule has 13 heavy (non-hydrogen) atoms. The van der Waals surface area contributed by atoms with E-state index in [0.717, 1.165) is 17.6 Å². The van der Waals surface area contributed by atoms with Crippen molar-refractivity contribution >= 4 is 10.9 Å². The fourth-order valence-electron chi connectivity index (χ4n) is 1.59. The minimum absolute atomic E-state index is 1.05. The lowest BCUT2D eigenvalue weighted by molar-refractivity contribution is 1.13. The number of nitrogens with zero attached hydrogens (tertiary/aromatic N) is 1. The summed E-state index contributed by atoms with van der Waals surface area (Å²) >= 11 is 0. The molecule has 1 aromatic heterocycles. The van der Waals surface area contributed by atoms with Crippen molar-refractivity contribution in [3.8, 4) is 0 Å². The minimum Gasteiger partial charge on any atom is -0.253 e. The third-order valence-electron chi connectivity index (χ3n) is 2.32. The van der Waals surface area contributed by atoms with Crippen LogP contribution in [0.5, 0.6) is 0 Å². The van der Waals surface area contributed by atoms with E-state index in [1.807, 2.05) is 6.92 Å². The van der Waals surface area contributed by atoms with Gasteiger partial charge in [-0.3, -0.25) is 4.98 Å². The summed E-state index contributed by atoms with van der Waals surface area (Å²) in [5, 5.41) is 1.24. The van der Waals surface area contributed by atoms with Gasteiger partial charge in [-0.15, -0.1) is 0 Å². The molecule has 0 atom stereocenters. The average molecular weight is 171 g/mol. The lowest BCUT2D eigenvalue weighted by Crippen LogP contribution is -1.88. The Morgan fingerprint density at radius 1 is 1.15 bits per heavy atom. The van der Waals surface area contributed by atoms with Crippen molar-refractivity contribution in [2.45, 2.75) is 20.3 Å². The Hall–Kier alpha value is -1.37. The number of aryl methyl sites for hydroxylation is 2. The number of pyridine rings is 1. The Bertz CT molecular complexity index is 432. The van der Waals surface area contributed by atoms with E-state index in [9.17, 15) is 0 Å². The largest absolute Gasteiger partial charge is 0.253 e. The first-order valence-corrected chi connectivity index (χ1v) is 4.66. The van der Waals surface area contributed by atoms with Crippen LogP contribution in [0.2, 0.25) is 0 Å². The zero-order chi connectivity index (χ0) is 9.26. The van der Waals surface area contributed by atoms with Crippen molar-refractivity contribution in [2.75, 3.05) is 0 Å². The highest BCUT2D eigenvalue weighted by atomic mass is 14.7. The summed E-state index contributed by atoms with van der Waals surface area (Å²) in [6.07, 6.45) is 1.05. The Morgan fingerprint density at radius 2 is 2.00 bits per heavy atom. The fraction of sp³-hybridized carbons (Fsp3) is 0.250. The van der Waals surface area contributed by atoms with E-state index in [4.69, 9.17) is 0 Å². The van der Waals surface area contributed by atoms with E-state index >= 15 is 0 Å². The van der Waals surface area contributed by atoms with Gasteiger partial charge in [0.2, 0.25) is 0 Å². The number of rotatable bonds is 1. The van der Waals surface area contributed by atoms with Gasteiger partial charge in [0.05, 0.1) is 5.52 Å². The van der Waals surface area contributed by atoms with Crippen LogP contribution in [-0.2, 0) is 6.42 Å². The van der Waals surface area contributed by atoms with E-state index in [0.29, 0.717) is 0 Å². The second kappa shape index (κ2) is 3.17. The van der Waals surface area contributed by atoms with Gasteiger partial charge in [-0.2, -0.15) is 0 Å². The smallest absolute Gasteiger partial charge is 0.0736 e. The monoisotopic (exact) mass is 171 g/mol. The SMILES string of the molecule is CCc1cccc2ccc(C)nc12. The molecule has 0 N–H and O–H groups in total. The summed E-state index contributed by atoms with van der Waals surface area (Å²) in [5.74, 6) is 0. The van der Waals surface area contributed by atoms with Gasteiger partial charge in [0.15, 0.2) is 0 Å². The summed E-state index contributed by atoms with van der Waals surface area (Å²) in [7, 11) is 0. The molecule has 1 heteroatoms. The summed E-state index contributed by atoms with van der Waals surface area (Å²) in [4.78, 5) is 4.55. The predicted molar refractivity (Wildman–Crippen MR) is 55.9 cm³/mol. The maximum Gasteiger partial charge on any atom is 0.0736 e. The zero-order valence-corrected chi connectivity index (χ0v) is 8.04. The molecule has 1 aromatic carbocycles. The van der Waals surface area contributed by atoms with Crippen LogP contribution in [0.1, 0.15) is 18.2 Å². The van der Waals surface area contributed by atoms with E-state index in [2.05, 4.69) is 42.2 Å². The average Bonchev–Trinajstić information content (AvgIpc) is 2.17. The summed E-state index contributed by atoms with van der Waals surface area (Å²) in [5.41, 5.74) is 3.58. The van der Waals surface area contributed by atoms with E-state index in [1.54, 1.807) is 0 Å². The number of para-hydroxylation sites is 1. The summed E-state index contributed by atoms with van der Waals surface area (Å²) < 4.78 is 0. The zero-order valence-electron chi connectivity index (χ0n) is 8.04. The van der Waals surface area contributed by atoms with Crippen molar-refractivity contribution < 1.29 is 0 Å². The molecule has 1 heterocycles. The highest BCUT2D eigenvalue weighted by Crippen LogP contribution is 2.17. The molecular formula is C12H13N. The molecule has 0 aliphatic heterocycles. The van der Waals surface area contributed by atoms with Gasteiger partial charge in [-0.05, 0) is 25.0 Å². The quantitative estimate of drug-likeness (QED) is 0.642. The van der Waals surface area contributed by atoms with Gasteiger partial charge < -0.3 is 0 Å². The molecule has 1 nitrogen and oxygen atoms in total. The van der Waals surface area contributed by atoms with Crippen LogP contribution in [0, 0.1) is 6.92 Å². The van der Waals surface area contributed by atoms with Crippen molar-refractivity contribution in [1.82, 2.24) is 4.98 Å². The summed E-state index contributed by atoms with van der Waals surface area (Å²) in [6.45, 7) is 4.20. The lowest BCUT2D eigenvalue weighted by atomic mass is 10.1. The number of aromatic nitrogens is 1. The number of fused-ring (bicyclic) bond motifs is 1. The van der Waals surface area contributed by atoms with Gasteiger partial charge in [0, 0.05) is 11.1 Å². The van der Waals surface area contributed by atoms with Crippen LogP contribution in [0.3, 0.4) is 0 Å². The van der Waals surface area contributed by atoms with Crippen molar-refractivity contribution in [3.05, 3.63) is 41.6 Å². The van der Waals surface area contributed by atoms with Crippen LogP contribution in [0.15, 0.2) is 30.3 Å². The molecule has 66 valence electrons. The Kier molecular flexibility index (Phi) is 2.01. The Morgan fingerprint density at radius 3 is 2.77 bits per heavy atom. The first-order chi connectivity index (χ1) is 6.31. The molecule has 0 aliphatic rings. The first kappa shape index (κ1) is 8.24. The Balaban J connectivity index is 2.79. The Labute approximate surface area is 78.4 Å². The molecule has 0 spiro atoms. The second-order valence-electron chi connectivity index (χ2n) is 3.30. The molecule has 2 rings (SSSR count). The van der Waals surface area contributed by atoms with E-state index in [1.165, 1.54) is 10.9 Å². The van der Waals surface area contributed by atoms with Crippen LogP contribution in [0.4, 0.5) is 0 Å². The molecule has 0 fully saturated rings.